The van der Waals surface area contributed by atoms with Crippen LogP contribution >= 0.6 is 0 Å². The van der Waals surface area contributed by atoms with Gasteiger partial charge in [0.1, 0.15) is 0 Å². The Morgan fingerprint density at radius 3 is 2.37 bits per heavy atom. The minimum absolute atomic E-state index is 0.337. The van der Waals surface area contributed by atoms with Crippen LogP contribution in [-0.2, 0) is 0 Å². The molecule has 6 N–H and O–H groups in total. The largest absolute Gasteiger partial charge is 0.366 e. The van der Waals surface area contributed by atoms with Crippen LogP contribution in [0.3, 0.4) is 0 Å². The number of amides is 1. The molecule has 6 heteroatoms. The Bertz CT molecular complexity index is 462. The van der Waals surface area contributed by atoms with Gasteiger partial charge < -0.3 is 11.1 Å². The molecule has 0 heterocycles. The van der Waals surface area contributed by atoms with Gasteiger partial charge in [0, 0.05) is 11.3 Å². The molecular weight excluding hydrogens is 242 g/mol. The lowest BCUT2D eigenvalue weighted by atomic mass is 10.2. The van der Waals surface area contributed by atoms with Gasteiger partial charge in [-0.3, -0.25) is 10.2 Å². The summed E-state index contributed by atoms with van der Waals surface area (Å²) in [7, 11) is 0. The maximum Gasteiger partial charge on any atom is 0.248 e. The molecule has 102 valence electrons. The fourth-order valence-corrected chi connectivity index (χ4v) is 2.18. The summed E-state index contributed by atoms with van der Waals surface area (Å²) in [5, 5.41) is 3.08. The molecule has 1 fully saturated rings. The molecule has 0 atom stereocenters. The summed E-state index contributed by atoms with van der Waals surface area (Å²) < 4.78 is 0. The number of anilines is 1. The first-order chi connectivity index (χ1) is 9.19. The van der Waals surface area contributed by atoms with E-state index < -0.39 is 5.91 Å². The van der Waals surface area contributed by atoms with Gasteiger partial charge >= 0.3 is 0 Å². The molecule has 1 aliphatic carbocycles. The Morgan fingerprint density at radius 1 is 1.21 bits per heavy atom. The van der Waals surface area contributed by atoms with Crippen molar-refractivity contribution < 1.29 is 4.79 Å². The van der Waals surface area contributed by atoms with Gasteiger partial charge in [0.25, 0.3) is 0 Å². The number of carbonyl (C=O) groups excluding carboxylic acids is 1. The van der Waals surface area contributed by atoms with Gasteiger partial charge in [-0.1, -0.05) is 12.8 Å². The summed E-state index contributed by atoms with van der Waals surface area (Å²) in [5.74, 6) is 5.56. The van der Waals surface area contributed by atoms with E-state index in [1.165, 1.54) is 12.8 Å². The summed E-state index contributed by atoms with van der Waals surface area (Å²) in [4.78, 5) is 15.5. The average Bonchev–Trinajstić information content (AvgIpc) is 2.91. The van der Waals surface area contributed by atoms with Crippen LogP contribution in [0.4, 0.5) is 5.69 Å². The highest BCUT2D eigenvalue weighted by Gasteiger charge is 2.14. The van der Waals surface area contributed by atoms with Crippen LogP contribution in [0.5, 0.6) is 0 Å². The van der Waals surface area contributed by atoms with Crippen LogP contribution in [0.15, 0.2) is 29.3 Å². The highest BCUT2D eigenvalue weighted by Crippen LogP contribution is 2.21. The molecule has 1 aromatic rings. The predicted octanol–water partition coefficient (Wildman–Crippen LogP) is 0.959. The molecule has 6 nitrogen and oxygen atoms in total. The van der Waals surface area contributed by atoms with Gasteiger partial charge in [-0.25, -0.2) is 10.8 Å². The van der Waals surface area contributed by atoms with Crippen molar-refractivity contribution >= 4 is 17.6 Å². The summed E-state index contributed by atoms with van der Waals surface area (Å²) in [6.45, 7) is 0. The number of aliphatic imine (C=N–C) groups is 1. The number of nitrogens with one attached hydrogen (secondary N) is 2. The lowest BCUT2D eigenvalue weighted by Gasteiger charge is -2.11. The van der Waals surface area contributed by atoms with E-state index in [2.05, 4.69) is 15.7 Å². The number of carbonyl (C=O) groups is 1. The third-order valence-corrected chi connectivity index (χ3v) is 3.21. The van der Waals surface area contributed by atoms with E-state index in [4.69, 9.17) is 11.6 Å². The lowest BCUT2D eigenvalue weighted by molar-refractivity contribution is 0.100. The molecule has 1 amide bonds. The molecule has 1 aliphatic rings. The van der Waals surface area contributed by atoms with E-state index >= 15 is 0 Å². The number of nitrogens with two attached hydrogens (primary N) is 2. The first-order valence-electron chi connectivity index (χ1n) is 6.40. The van der Waals surface area contributed by atoms with Gasteiger partial charge in [0.05, 0.1) is 6.04 Å². The lowest BCUT2D eigenvalue weighted by Crippen LogP contribution is -2.37. The quantitative estimate of drug-likeness (QED) is 0.281. The summed E-state index contributed by atoms with van der Waals surface area (Å²) in [6.07, 6.45) is 4.65. The van der Waals surface area contributed by atoms with Crippen molar-refractivity contribution in [1.29, 1.82) is 0 Å². The second kappa shape index (κ2) is 6.19. The SMILES string of the molecule is NNC(=NC1CCCC1)Nc1ccc(C(N)=O)cc1. The van der Waals surface area contributed by atoms with E-state index in [0.29, 0.717) is 17.6 Å². The first kappa shape index (κ1) is 13.4. The number of primary amides is 1. The monoisotopic (exact) mass is 261 g/mol. The highest BCUT2D eigenvalue weighted by molar-refractivity contribution is 5.95. The fourth-order valence-electron chi connectivity index (χ4n) is 2.18. The van der Waals surface area contributed by atoms with Crippen LogP contribution in [0.2, 0.25) is 0 Å². The standard InChI is InChI=1S/C13H19N5O/c14-12(19)9-5-7-11(8-6-9)17-13(18-15)16-10-3-1-2-4-10/h5-8,10H,1-4,15H2,(H2,14,19)(H2,16,17,18). The molecule has 0 aromatic heterocycles. The summed E-state index contributed by atoms with van der Waals surface area (Å²) >= 11 is 0. The summed E-state index contributed by atoms with van der Waals surface area (Å²) in [5.41, 5.74) is 9.02. The van der Waals surface area contributed by atoms with Crippen molar-refractivity contribution in [3.63, 3.8) is 0 Å². The Balaban J connectivity index is 2.03. The molecule has 1 aromatic carbocycles. The van der Waals surface area contributed by atoms with Crippen molar-refractivity contribution in [3.8, 4) is 0 Å². The van der Waals surface area contributed by atoms with Crippen molar-refractivity contribution in [2.24, 2.45) is 16.6 Å². The Labute approximate surface area is 112 Å². The van der Waals surface area contributed by atoms with Crippen LogP contribution in [-0.4, -0.2) is 17.9 Å². The molecule has 0 radical (unpaired) electrons. The number of guanidine groups is 1. The number of hydrogen-bond acceptors (Lipinski definition) is 3. The number of rotatable bonds is 3. The maximum absolute atomic E-state index is 11.0. The molecule has 0 saturated heterocycles. The van der Waals surface area contributed by atoms with Gasteiger partial charge in [-0.2, -0.15) is 0 Å². The van der Waals surface area contributed by atoms with Crippen molar-refractivity contribution in [1.82, 2.24) is 5.43 Å². The van der Waals surface area contributed by atoms with Crippen molar-refractivity contribution in [3.05, 3.63) is 29.8 Å². The molecule has 2 rings (SSSR count). The van der Waals surface area contributed by atoms with Crippen LogP contribution in [0.25, 0.3) is 0 Å². The zero-order valence-electron chi connectivity index (χ0n) is 10.7. The van der Waals surface area contributed by atoms with Gasteiger partial charge in [-0.15, -0.1) is 0 Å². The first-order valence-corrected chi connectivity index (χ1v) is 6.40. The van der Waals surface area contributed by atoms with Gasteiger partial charge in [-0.05, 0) is 37.1 Å². The van der Waals surface area contributed by atoms with Gasteiger partial charge in [0.15, 0.2) is 0 Å². The van der Waals surface area contributed by atoms with Crippen molar-refractivity contribution in [2.75, 3.05) is 5.32 Å². The van der Waals surface area contributed by atoms with Gasteiger partial charge in [0.2, 0.25) is 11.9 Å². The number of hydrazine groups is 1. The minimum Gasteiger partial charge on any atom is -0.366 e. The maximum atomic E-state index is 11.0. The third kappa shape index (κ3) is 3.69. The Kier molecular flexibility index (Phi) is 4.35. The van der Waals surface area contributed by atoms with Crippen LogP contribution < -0.4 is 22.3 Å². The molecule has 0 spiro atoms. The van der Waals surface area contributed by atoms with Crippen LogP contribution in [0, 0.1) is 0 Å². The number of hydrogen-bond donors (Lipinski definition) is 4. The second-order valence-electron chi connectivity index (χ2n) is 4.63. The van der Waals surface area contributed by atoms with E-state index in [9.17, 15) is 4.79 Å². The molecule has 1 saturated carbocycles. The molecule has 0 aliphatic heterocycles. The normalized spacial score (nSPS) is 16.4. The average molecular weight is 261 g/mol. The molecule has 19 heavy (non-hydrogen) atoms. The Hall–Kier alpha value is -2.08. The molecule has 0 bridgehead atoms. The second-order valence-corrected chi connectivity index (χ2v) is 4.63. The number of benzene rings is 1. The third-order valence-electron chi connectivity index (χ3n) is 3.21. The number of nitrogens with zero attached hydrogens (tertiary/aromatic N) is 1. The van der Waals surface area contributed by atoms with E-state index in [1.54, 1.807) is 24.3 Å². The van der Waals surface area contributed by atoms with E-state index in [0.717, 1.165) is 18.5 Å². The minimum atomic E-state index is -0.441. The van der Waals surface area contributed by atoms with E-state index in [-0.39, 0.29) is 0 Å². The summed E-state index contributed by atoms with van der Waals surface area (Å²) in [6, 6.07) is 7.19. The zero-order chi connectivity index (χ0) is 13.7. The van der Waals surface area contributed by atoms with Crippen LogP contribution in [0.1, 0.15) is 36.0 Å². The molecular formula is C13H19N5O. The Morgan fingerprint density at radius 2 is 1.84 bits per heavy atom. The fraction of sp³-hybridized carbons (Fsp3) is 0.385. The highest BCUT2D eigenvalue weighted by atomic mass is 16.1. The van der Waals surface area contributed by atoms with Crippen molar-refractivity contribution in [2.45, 2.75) is 31.7 Å². The molecule has 0 unspecified atom stereocenters. The zero-order valence-corrected chi connectivity index (χ0v) is 10.7. The topological polar surface area (TPSA) is 106 Å². The van der Waals surface area contributed by atoms with E-state index in [1.807, 2.05) is 0 Å². The smallest absolute Gasteiger partial charge is 0.248 e. The predicted molar refractivity (Wildman–Crippen MR) is 75.6 cm³/mol.